The molecule has 6 nitrogen and oxygen atoms in total. The molecule has 0 saturated carbocycles. The van der Waals surface area contributed by atoms with Crippen LogP contribution >= 0.6 is 11.5 Å². The second-order valence-corrected chi connectivity index (χ2v) is 8.12. The quantitative estimate of drug-likeness (QED) is 0.276. The maximum absolute atomic E-state index is 12.2. The lowest BCUT2D eigenvalue weighted by atomic mass is 10.0. The molecular formula is C27H33N3O3S. The van der Waals surface area contributed by atoms with E-state index in [0.29, 0.717) is 6.54 Å². The van der Waals surface area contributed by atoms with Crippen LogP contribution in [0.2, 0.25) is 0 Å². The molecule has 0 unspecified atom stereocenters. The van der Waals surface area contributed by atoms with Gasteiger partial charge in [-0.2, -0.15) is 4.37 Å². The van der Waals surface area contributed by atoms with E-state index in [1.54, 1.807) is 21.3 Å². The normalized spacial score (nSPS) is 10.0. The first kappa shape index (κ1) is 27.1. The highest BCUT2D eigenvalue weighted by Crippen LogP contribution is 2.23. The highest BCUT2D eigenvalue weighted by molar-refractivity contribution is 7.13. The average molecular weight is 480 g/mol. The van der Waals surface area contributed by atoms with Crippen molar-refractivity contribution in [2.75, 3.05) is 48.0 Å². The van der Waals surface area contributed by atoms with Crippen LogP contribution in [0.4, 0.5) is 0 Å². The number of hydrogen-bond donors (Lipinski definition) is 2. The maximum atomic E-state index is 12.2. The summed E-state index contributed by atoms with van der Waals surface area (Å²) in [5, 5.41) is 7.41. The molecule has 4 aromatic rings. The number of ketones is 1. The number of benzene rings is 3. The molecule has 0 aliphatic rings. The highest BCUT2D eigenvalue weighted by atomic mass is 32.1. The predicted molar refractivity (Wildman–Crippen MR) is 142 cm³/mol. The summed E-state index contributed by atoms with van der Waals surface area (Å²) in [4.78, 5) is 12.2. The summed E-state index contributed by atoms with van der Waals surface area (Å²) in [5.74, 6) is 0.927. The molecule has 1 aromatic heterocycles. The smallest absolute Gasteiger partial charge is 0.176 e. The van der Waals surface area contributed by atoms with Crippen LogP contribution in [0.3, 0.4) is 0 Å². The van der Waals surface area contributed by atoms with Gasteiger partial charge in [0.2, 0.25) is 0 Å². The Morgan fingerprint density at radius 2 is 1.65 bits per heavy atom. The Labute approximate surface area is 206 Å². The number of fused-ring (bicyclic) bond motifs is 1. The summed E-state index contributed by atoms with van der Waals surface area (Å²) in [6.07, 6.45) is 1.89. The molecule has 4 rings (SSSR count). The Balaban J connectivity index is 0.000000278. The molecule has 0 radical (unpaired) electrons. The van der Waals surface area contributed by atoms with Crippen LogP contribution in [0.15, 0.2) is 79.0 Å². The van der Waals surface area contributed by atoms with Gasteiger partial charge in [-0.15, -0.1) is 0 Å². The van der Waals surface area contributed by atoms with Crippen molar-refractivity contribution < 1.29 is 14.3 Å². The van der Waals surface area contributed by atoms with E-state index in [0.717, 1.165) is 35.5 Å². The van der Waals surface area contributed by atoms with Crippen molar-refractivity contribution in [1.82, 2.24) is 15.0 Å². The second kappa shape index (κ2) is 15.7. The first-order chi connectivity index (χ1) is 16.6. The summed E-state index contributed by atoms with van der Waals surface area (Å²) < 4.78 is 14.7. The number of aromatic nitrogens is 1. The molecule has 7 heteroatoms. The van der Waals surface area contributed by atoms with Gasteiger partial charge in [-0.05, 0) is 54.0 Å². The molecule has 0 aliphatic carbocycles. The summed E-state index contributed by atoms with van der Waals surface area (Å²) >= 11 is 1.54. The first-order valence-electron chi connectivity index (χ1n) is 11.0. The minimum absolute atomic E-state index is 0.103. The molecule has 180 valence electrons. The minimum atomic E-state index is 0.103. The van der Waals surface area contributed by atoms with Gasteiger partial charge in [0.25, 0.3) is 0 Å². The van der Waals surface area contributed by atoms with Crippen LogP contribution in [-0.4, -0.2) is 58.2 Å². The van der Waals surface area contributed by atoms with Gasteiger partial charge in [0.05, 0.1) is 18.4 Å². The lowest BCUT2D eigenvalue weighted by Gasteiger charge is -2.07. The van der Waals surface area contributed by atoms with Crippen molar-refractivity contribution in [1.29, 1.82) is 0 Å². The van der Waals surface area contributed by atoms with Gasteiger partial charge in [-0.1, -0.05) is 48.5 Å². The van der Waals surface area contributed by atoms with Gasteiger partial charge in [-0.3, -0.25) is 4.79 Å². The zero-order valence-electron chi connectivity index (χ0n) is 20.2. The van der Waals surface area contributed by atoms with Gasteiger partial charge >= 0.3 is 0 Å². The van der Waals surface area contributed by atoms with Crippen LogP contribution in [0.5, 0.6) is 5.75 Å². The number of carbonyl (C=O) groups is 1. The number of carbonyl (C=O) groups excluding carboxylic acids is 1. The Kier molecular flexibility index (Phi) is 12.5. The molecule has 0 spiro atoms. The average Bonchev–Trinajstić information content (AvgIpc) is 3.37. The van der Waals surface area contributed by atoms with E-state index < -0.39 is 0 Å². The predicted octanol–water partition coefficient (Wildman–Crippen LogP) is 4.91. The van der Waals surface area contributed by atoms with Crippen molar-refractivity contribution in [3.63, 3.8) is 0 Å². The SMILES string of the molecule is CNCCNCC(=O)c1cccc(-c2ccc(OC)cc2)c1.COC.c1ccc2sncc2c1. The van der Waals surface area contributed by atoms with Crippen molar-refractivity contribution in [3.8, 4) is 16.9 Å². The van der Waals surface area contributed by atoms with Gasteiger partial charge < -0.3 is 20.1 Å². The zero-order chi connectivity index (χ0) is 24.6. The number of Topliss-reactive ketones (excluding diaryl/α,β-unsaturated/α-hetero) is 1. The van der Waals surface area contributed by atoms with E-state index in [9.17, 15) is 4.79 Å². The Morgan fingerprint density at radius 3 is 2.32 bits per heavy atom. The van der Waals surface area contributed by atoms with Crippen molar-refractivity contribution in [3.05, 3.63) is 84.6 Å². The fourth-order valence-corrected chi connectivity index (χ4v) is 3.63. The van der Waals surface area contributed by atoms with Gasteiger partial charge in [0.15, 0.2) is 5.78 Å². The number of likely N-dealkylation sites (N-methyl/N-ethyl adjacent to an activating group) is 1. The lowest BCUT2D eigenvalue weighted by molar-refractivity contribution is 0.0991. The molecular weight excluding hydrogens is 446 g/mol. The molecule has 0 aliphatic heterocycles. The molecule has 3 aromatic carbocycles. The van der Waals surface area contributed by atoms with Crippen LogP contribution in [0.25, 0.3) is 21.2 Å². The third kappa shape index (κ3) is 9.03. The van der Waals surface area contributed by atoms with Crippen LogP contribution in [0.1, 0.15) is 10.4 Å². The number of hydrogen-bond acceptors (Lipinski definition) is 7. The summed E-state index contributed by atoms with van der Waals surface area (Å²) in [6, 6.07) is 23.7. The molecule has 34 heavy (non-hydrogen) atoms. The Morgan fingerprint density at radius 1 is 0.912 bits per heavy atom. The van der Waals surface area contributed by atoms with Crippen LogP contribution in [-0.2, 0) is 4.74 Å². The molecule has 1 heterocycles. The number of ether oxygens (including phenoxy) is 2. The van der Waals surface area contributed by atoms with E-state index in [2.05, 4.69) is 31.9 Å². The topological polar surface area (TPSA) is 72.5 Å². The van der Waals surface area contributed by atoms with E-state index in [-0.39, 0.29) is 5.78 Å². The molecule has 0 amide bonds. The summed E-state index contributed by atoms with van der Waals surface area (Å²) in [7, 11) is 6.79. The largest absolute Gasteiger partial charge is 0.497 e. The minimum Gasteiger partial charge on any atom is -0.497 e. The number of nitrogens with zero attached hydrogens (tertiary/aromatic N) is 1. The van der Waals surface area contributed by atoms with Gasteiger partial charge in [0.1, 0.15) is 5.75 Å². The summed E-state index contributed by atoms with van der Waals surface area (Å²) in [5.41, 5.74) is 2.83. The fraction of sp³-hybridized carbons (Fsp3) is 0.259. The van der Waals surface area contributed by atoms with Gasteiger partial charge in [0, 0.05) is 44.5 Å². The standard InChI is InChI=1S/C18H22N2O2.C7H5NS.C2H6O/c1-19-10-11-20-13-18(21)16-5-3-4-15(12-16)14-6-8-17(22-2)9-7-14;1-2-4-7-6(3-1)5-8-9-7;1-3-2/h3-9,12,19-20H,10-11,13H2,1-2H3;1-5H;1-2H3. The Hall–Kier alpha value is -3.10. The molecule has 0 bridgehead atoms. The molecule has 0 saturated heterocycles. The number of nitrogens with one attached hydrogen (secondary N) is 2. The highest BCUT2D eigenvalue weighted by Gasteiger charge is 2.07. The zero-order valence-corrected chi connectivity index (χ0v) is 21.0. The van der Waals surface area contributed by atoms with E-state index in [1.807, 2.05) is 73.9 Å². The van der Waals surface area contributed by atoms with Crippen LogP contribution < -0.4 is 15.4 Å². The second-order valence-electron chi connectivity index (χ2n) is 7.28. The van der Waals surface area contributed by atoms with E-state index in [4.69, 9.17) is 4.74 Å². The maximum Gasteiger partial charge on any atom is 0.176 e. The van der Waals surface area contributed by atoms with E-state index in [1.165, 1.54) is 21.6 Å². The van der Waals surface area contributed by atoms with Crippen molar-refractivity contribution >= 4 is 27.4 Å². The first-order valence-corrected chi connectivity index (χ1v) is 11.7. The van der Waals surface area contributed by atoms with Crippen LogP contribution in [0, 0.1) is 0 Å². The van der Waals surface area contributed by atoms with Crippen molar-refractivity contribution in [2.24, 2.45) is 0 Å². The Bertz CT molecular complexity index is 1080. The monoisotopic (exact) mass is 479 g/mol. The molecule has 2 N–H and O–H groups in total. The van der Waals surface area contributed by atoms with Gasteiger partial charge in [-0.25, -0.2) is 0 Å². The summed E-state index contributed by atoms with van der Waals surface area (Å²) in [6.45, 7) is 1.98. The van der Waals surface area contributed by atoms with E-state index >= 15 is 0 Å². The third-order valence-corrected chi connectivity index (χ3v) is 5.49. The molecule has 0 fully saturated rings. The van der Waals surface area contributed by atoms with Crippen molar-refractivity contribution in [2.45, 2.75) is 0 Å². The number of rotatable bonds is 8. The number of methoxy groups -OCH3 is 2. The lowest BCUT2D eigenvalue weighted by Crippen LogP contribution is -2.29. The molecule has 0 atom stereocenters. The third-order valence-electron chi connectivity index (χ3n) is 4.71. The fourth-order valence-electron chi connectivity index (χ4n) is 2.98.